The number of carbonyl (C=O) groups is 2. The van der Waals surface area contributed by atoms with Crippen LogP contribution in [0.5, 0.6) is 0 Å². The van der Waals surface area contributed by atoms with Crippen LogP contribution in [0.2, 0.25) is 0 Å². The Morgan fingerprint density at radius 1 is 1.43 bits per heavy atom. The molecule has 2 heterocycles. The van der Waals surface area contributed by atoms with E-state index in [4.69, 9.17) is 5.11 Å². The van der Waals surface area contributed by atoms with Crippen molar-refractivity contribution in [3.05, 3.63) is 30.1 Å². The molecule has 1 aliphatic heterocycles. The van der Waals surface area contributed by atoms with Gasteiger partial charge in [0.1, 0.15) is 0 Å². The van der Waals surface area contributed by atoms with Crippen LogP contribution in [0.4, 0.5) is 4.79 Å². The molecule has 0 saturated carbocycles. The van der Waals surface area contributed by atoms with Gasteiger partial charge in [-0.3, -0.25) is 9.78 Å². The summed E-state index contributed by atoms with van der Waals surface area (Å²) >= 11 is 0. The minimum atomic E-state index is -0.822. The molecule has 6 heteroatoms. The predicted octanol–water partition coefficient (Wildman–Crippen LogP) is 1.47. The Labute approximate surface area is 124 Å². The van der Waals surface area contributed by atoms with Gasteiger partial charge >= 0.3 is 12.0 Å². The Morgan fingerprint density at radius 2 is 2.10 bits per heavy atom. The Bertz CT molecular complexity index is 506. The molecule has 2 rings (SSSR count). The number of hydrogen-bond acceptors (Lipinski definition) is 3. The Hall–Kier alpha value is -2.11. The van der Waals surface area contributed by atoms with Crippen LogP contribution in [0, 0.1) is 5.92 Å². The van der Waals surface area contributed by atoms with Crippen LogP contribution < -0.4 is 0 Å². The molecule has 0 aliphatic carbocycles. The smallest absolute Gasteiger partial charge is 0.320 e. The first kappa shape index (κ1) is 15.3. The van der Waals surface area contributed by atoms with E-state index in [1.165, 1.54) is 0 Å². The van der Waals surface area contributed by atoms with Gasteiger partial charge in [0.25, 0.3) is 0 Å². The molecule has 1 fully saturated rings. The highest BCUT2D eigenvalue weighted by molar-refractivity contribution is 5.78. The molecule has 0 spiro atoms. The number of aromatic nitrogens is 1. The number of aliphatic carboxylic acids is 1. The average molecular weight is 291 g/mol. The maximum atomic E-state index is 12.4. The van der Waals surface area contributed by atoms with E-state index in [2.05, 4.69) is 4.98 Å². The van der Waals surface area contributed by atoms with Crippen molar-refractivity contribution in [3.63, 3.8) is 0 Å². The second kappa shape index (κ2) is 6.56. The first-order valence-electron chi connectivity index (χ1n) is 7.14. The van der Waals surface area contributed by atoms with E-state index in [9.17, 15) is 9.59 Å². The maximum Gasteiger partial charge on any atom is 0.320 e. The minimum absolute atomic E-state index is 0.0969. The van der Waals surface area contributed by atoms with E-state index < -0.39 is 11.9 Å². The molecule has 1 aromatic rings. The van der Waals surface area contributed by atoms with Gasteiger partial charge in [-0.1, -0.05) is 0 Å². The number of likely N-dealkylation sites (N-methyl/N-ethyl adjacent to an activating group) is 1. The summed E-state index contributed by atoms with van der Waals surface area (Å²) in [6.45, 7) is 2.92. The molecule has 114 valence electrons. The van der Waals surface area contributed by atoms with Gasteiger partial charge < -0.3 is 14.9 Å². The van der Waals surface area contributed by atoms with Crippen molar-refractivity contribution >= 4 is 12.0 Å². The predicted molar refractivity (Wildman–Crippen MR) is 77.9 cm³/mol. The highest BCUT2D eigenvalue weighted by Crippen LogP contribution is 2.25. The number of nitrogens with zero attached hydrogens (tertiary/aromatic N) is 3. The van der Waals surface area contributed by atoms with Crippen molar-refractivity contribution in [2.75, 3.05) is 20.1 Å². The molecule has 0 aromatic carbocycles. The molecular weight excluding hydrogens is 270 g/mol. The van der Waals surface area contributed by atoms with E-state index >= 15 is 0 Å². The number of carboxylic acids is 1. The third-order valence-corrected chi connectivity index (χ3v) is 4.13. The first-order valence-corrected chi connectivity index (χ1v) is 7.14. The quantitative estimate of drug-likeness (QED) is 0.911. The van der Waals surface area contributed by atoms with E-state index in [0.29, 0.717) is 19.5 Å². The van der Waals surface area contributed by atoms with Crippen molar-refractivity contribution in [1.82, 2.24) is 14.8 Å². The van der Waals surface area contributed by atoms with Crippen molar-refractivity contribution in [2.24, 2.45) is 5.92 Å². The van der Waals surface area contributed by atoms with Crippen LogP contribution in [0.3, 0.4) is 0 Å². The number of carboxylic acid groups (broad SMARTS) is 1. The van der Waals surface area contributed by atoms with Crippen molar-refractivity contribution in [3.8, 4) is 0 Å². The summed E-state index contributed by atoms with van der Waals surface area (Å²) in [5.41, 5.74) is 1.13. The molecule has 1 saturated heterocycles. The van der Waals surface area contributed by atoms with Crippen LogP contribution in [0.25, 0.3) is 0 Å². The number of urea groups is 1. The highest BCUT2D eigenvalue weighted by atomic mass is 16.4. The lowest BCUT2D eigenvalue weighted by atomic mass is 10.0. The minimum Gasteiger partial charge on any atom is -0.481 e. The van der Waals surface area contributed by atoms with Gasteiger partial charge in [-0.05, 0) is 37.5 Å². The lowest BCUT2D eigenvalue weighted by molar-refractivity contribution is -0.142. The highest BCUT2D eigenvalue weighted by Gasteiger charge is 2.38. The summed E-state index contributed by atoms with van der Waals surface area (Å²) in [7, 11) is 1.75. The zero-order valence-electron chi connectivity index (χ0n) is 12.4. The van der Waals surface area contributed by atoms with Gasteiger partial charge in [0.05, 0.1) is 5.92 Å². The van der Waals surface area contributed by atoms with Crippen LogP contribution in [0.15, 0.2) is 24.5 Å². The maximum absolute atomic E-state index is 12.4. The molecule has 0 bridgehead atoms. The van der Waals surface area contributed by atoms with Crippen LogP contribution >= 0.6 is 0 Å². The standard InChI is InChI=1S/C15H21N3O3/c1-11-13(14(19)20)6-10-18(11)15(21)17(2)9-5-12-3-7-16-8-4-12/h3-4,7-8,11,13H,5-6,9-10H2,1-2H3,(H,19,20). The van der Waals surface area contributed by atoms with Gasteiger partial charge in [-0.25, -0.2) is 4.79 Å². The Kier molecular flexibility index (Phi) is 4.77. The topological polar surface area (TPSA) is 73.7 Å². The Balaban J connectivity index is 1.89. The fourth-order valence-electron chi connectivity index (χ4n) is 2.70. The molecule has 1 N–H and O–H groups in total. The average Bonchev–Trinajstić information content (AvgIpc) is 2.87. The van der Waals surface area contributed by atoms with Gasteiger partial charge in [0, 0.05) is 38.6 Å². The van der Waals surface area contributed by atoms with Gasteiger partial charge in [-0.15, -0.1) is 0 Å². The van der Waals surface area contributed by atoms with E-state index in [1.54, 1.807) is 36.2 Å². The van der Waals surface area contributed by atoms with Crippen LogP contribution in [0.1, 0.15) is 18.9 Å². The molecule has 2 amide bonds. The normalized spacial score (nSPS) is 21.3. The zero-order chi connectivity index (χ0) is 15.4. The first-order chi connectivity index (χ1) is 10.0. The lowest BCUT2D eigenvalue weighted by Gasteiger charge is -2.28. The summed E-state index contributed by atoms with van der Waals surface area (Å²) in [5, 5.41) is 9.12. The van der Waals surface area contributed by atoms with Crippen molar-refractivity contribution < 1.29 is 14.7 Å². The van der Waals surface area contributed by atoms with Gasteiger partial charge in [0.2, 0.25) is 0 Å². The van der Waals surface area contributed by atoms with Crippen LogP contribution in [-0.4, -0.2) is 58.1 Å². The molecule has 1 aliphatic rings. The summed E-state index contributed by atoms with van der Waals surface area (Å²) < 4.78 is 0. The summed E-state index contributed by atoms with van der Waals surface area (Å²) in [4.78, 5) is 30.8. The summed E-state index contributed by atoms with van der Waals surface area (Å²) in [6, 6.07) is 3.51. The molecule has 2 unspecified atom stereocenters. The monoisotopic (exact) mass is 291 g/mol. The fourth-order valence-corrected chi connectivity index (χ4v) is 2.70. The zero-order valence-corrected chi connectivity index (χ0v) is 12.4. The molecular formula is C15H21N3O3. The molecule has 1 aromatic heterocycles. The number of amides is 2. The second-order valence-electron chi connectivity index (χ2n) is 5.48. The fraction of sp³-hybridized carbons (Fsp3) is 0.533. The van der Waals surface area contributed by atoms with E-state index in [1.807, 2.05) is 12.1 Å². The molecule has 6 nitrogen and oxygen atoms in total. The van der Waals surface area contributed by atoms with E-state index in [-0.39, 0.29) is 12.1 Å². The van der Waals surface area contributed by atoms with Gasteiger partial charge in [-0.2, -0.15) is 0 Å². The van der Waals surface area contributed by atoms with Crippen molar-refractivity contribution in [1.29, 1.82) is 0 Å². The molecule has 2 atom stereocenters. The number of hydrogen-bond donors (Lipinski definition) is 1. The van der Waals surface area contributed by atoms with Crippen LogP contribution in [-0.2, 0) is 11.2 Å². The molecule has 21 heavy (non-hydrogen) atoms. The van der Waals surface area contributed by atoms with E-state index in [0.717, 1.165) is 12.0 Å². The number of likely N-dealkylation sites (tertiary alicyclic amines) is 1. The summed E-state index contributed by atoms with van der Waals surface area (Å²) in [5.74, 6) is -1.28. The summed E-state index contributed by atoms with van der Waals surface area (Å²) in [6.07, 6.45) is 4.75. The number of pyridine rings is 1. The van der Waals surface area contributed by atoms with Crippen molar-refractivity contribution in [2.45, 2.75) is 25.8 Å². The largest absolute Gasteiger partial charge is 0.481 e. The number of rotatable bonds is 4. The number of carbonyl (C=O) groups excluding carboxylic acids is 1. The molecule has 0 radical (unpaired) electrons. The third-order valence-electron chi connectivity index (χ3n) is 4.13. The second-order valence-corrected chi connectivity index (χ2v) is 5.48. The lowest BCUT2D eigenvalue weighted by Crippen LogP contribution is -2.45. The SMILES string of the molecule is CC1C(C(=O)O)CCN1C(=O)N(C)CCc1ccncc1. The third kappa shape index (κ3) is 3.51. The van der Waals surface area contributed by atoms with Gasteiger partial charge in [0.15, 0.2) is 0 Å². The Morgan fingerprint density at radius 3 is 2.67 bits per heavy atom.